The molecule has 0 fully saturated rings. The standard InChI is InChI=1S/C12H7F3N2O3S2/c1-8-17-10(7-21-8)5-4-9-3-2-6-16-11(9)20-22(18,19)12(13,14)15/h2-3,6-7H,1H3. The Morgan fingerprint density at radius 3 is 2.64 bits per heavy atom. The lowest BCUT2D eigenvalue weighted by atomic mass is 10.2. The van der Waals surface area contributed by atoms with Crippen LogP contribution in [0.2, 0.25) is 0 Å². The molecule has 116 valence electrons. The van der Waals surface area contributed by atoms with E-state index in [1.54, 1.807) is 12.3 Å². The molecular formula is C12H7F3N2O3S2. The average molecular weight is 348 g/mol. The van der Waals surface area contributed by atoms with E-state index in [-0.39, 0.29) is 5.56 Å². The first-order valence-electron chi connectivity index (χ1n) is 5.59. The number of aromatic nitrogens is 2. The maximum absolute atomic E-state index is 12.3. The number of thiazole rings is 1. The summed E-state index contributed by atoms with van der Waals surface area (Å²) in [4.78, 5) is 7.53. The maximum atomic E-state index is 12.3. The van der Waals surface area contributed by atoms with Crippen LogP contribution >= 0.6 is 11.3 Å². The van der Waals surface area contributed by atoms with Gasteiger partial charge in [0.25, 0.3) is 0 Å². The molecule has 0 aromatic carbocycles. The molecule has 0 N–H and O–H groups in total. The Balaban J connectivity index is 2.34. The van der Waals surface area contributed by atoms with Crippen molar-refractivity contribution >= 4 is 21.5 Å². The van der Waals surface area contributed by atoms with Gasteiger partial charge in [-0.15, -0.1) is 11.3 Å². The SMILES string of the molecule is Cc1nc(C#Cc2cccnc2OS(=O)(=O)C(F)(F)F)cs1. The maximum Gasteiger partial charge on any atom is 0.534 e. The van der Waals surface area contributed by atoms with Gasteiger partial charge in [-0.05, 0) is 25.0 Å². The highest BCUT2D eigenvalue weighted by Crippen LogP contribution is 2.27. The largest absolute Gasteiger partial charge is 0.534 e. The monoisotopic (exact) mass is 348 g/mol. The highest BCUT2D eigenvalue weighted by atomic mass is 32.2. The molecule has 22 heavy (non-hydrogen) atoms. The molecule has 0 radical (unpaired) electrons. The Bertz CT molecular complexity index is 848. The third kappa shape index (κ3) is 3.75. The van der Waals surface area contributed by atoms with E-state index in [1.807, 2.05) is 0 Å². The van der Waals surface area contributed by atoms with Gasteiger partial charge >= 0.3 is 15.6 Å². The Labute approximate surface area is 127 Å². The highest BCUT2D eigenvalue weighted by molar-refractivity contribution is 7.87. The van der Waals surface area contributed by atoms with Gasteiger partial charge in [-0.1, -0.05) is 5.92 Å². The number of hydrogen-bond donors (Lipinski definition) is 0. The Kier molecular flexibility index (Phi) is 4.39. The van der Waals surface area contributed by atoms with Gasteiger partial charge in [0.15, 0.2) is 0 Å². The molecule has 0 amide bonds. The third-order valence-corrected chi connectivity index (χ3v) is 3.91. The summed E-state index contributed by atoms with van der Waals surface area (Å²) in [5.41, 5.74) is -5.22. The van der Waals surface area contributed by atoms with Crippen LogP contribution in [0.1, 0.15) is 16.3 Å². The van der Waals surface area contributed by atoms with Crippen molar-refractivity contribution in [2.75, 3.05) is 0 Å². The van der Waals surface area contributed by atoms with Gasteiger partial charge in [-0.3, -0.25) is 0 Å². The van der Waals surface area contributed by atoms with Gasteiger partial charge in [0.05, 0.1) is 10.6 Å². The van der Waals surface area contributed by atoms with Gasteiger partial charge in [-0.25, -0.2) is 9.97 Å². The normalized spacial score (nSPS) is 11.6. The summed E-state index contributed by atoms with van der Waals surface area (Å²) in [7, 11) is -5.80. The van der Waals surface area contributed by atoms with Crippen LogP contribution in [0.25, 0.3) is 0 Å². The van der Waals surface area contributed by atoms with Gasteiger partial charge in [0, 0.05) is 11.6 Å². The Morgan fingerprint density at radius 2 is 2.05 bits per heavy atom. The zero-order valence-electron chi connectivity index (χ0n) is 10.9. The number of rotatable bonds is 2. The van der Waals surface area contributed by atoms with E-state index in [0.717, 1.165) is 11.2 Å². The minimum Gasteiger partial charge on any atom is -0.354 e. The van der Waals surface area contributed by atoms with Crippen molar-refractivity contribution in [1.82, 2.24) is 9.97 Å². The molecule has 0 aliphatic heterocycles. The molecule has 2 aromatic rings. The van der Waals surface area contributed by atoms with Crippen LogP contribution in [0.3, 0.4) is 0 Å². The van der Waals surface area contributed by atoms with Crippen LogP contribution < -0.4 is 4.18 Å². The third-order valence-electron chi connectivity index (χ3n) is 2.19. The second-order valence-electron chi connectivity index (χ2n) is 3.84. The number of halogens is 3. The molecule has 5 nitrogen and oxygen atoms in total. The smallest absolute Gasteiger partial charge is 0.354 e. The van der Waals surface area contributed by atoms with Crippen LogP contribution in [0.15, 0.2) is 23.7 Å². The summed E-state index contributed by atoms with van der Waals surface area (Å²) in [6, 6.07) is 2.68. The number of pyridine rings is 1. The van der Waals surface area contributed by atoms with Crippen LogP contribution in [-0.4, -0.2) is 23.9 Å². The number of aryl methyl sites for hydroxylation is 1. The lowest BCUT2D eigenvalue weighted by molar-refractivity contribution is -0.0501. The quantitative estimate of drug-likeness (QED) is 0.474. The van der Waals surface area contributed by atoms with Crippen molar-refractivity contribution in [2.24, 2.45) is 0 Å². The fourth-order valence-electron chi connectivity index (χ4n) is 1.26. The predicted octanol–water partition coefficient (Wildman–Crippen LogP) is 2.47. The lowest BCUT2D eigenvalue weighted by Crippen LogP contribution is -2.28. The van der Waals surface area contributed by atoms with Gasteiger partial charge in [0.1, 0.15) is 5.69 Å². The van der Waals surface area contributed by atoms with E-state index in [9.17, 15) is 21.6 Å². The topological polar surface area (TPSA) is 69.2 Å². The van der Waals surface area contributed by atoms with Gasteiger partial charge < -0.3 is 4.18 Å². The minimum atomic E-state index is -5.80. The van der Waals surface area contributed by atoms with E-state index in [4.69, 9.17) is 0 Å². The second-order valence-corrected chi connectivity index (χ2v) is 6.44. The van der Waals surface area contributed by atoms with Crippen LogP contribution in [0.5, 0.6) is 5.88 Å². The fraction of sp³-hybridized carbons (Fsp3) is 0.167. The first-order valence-corrected chi connectivity index (χ1v) is 7.88. The van der Waals surface area contributed by atoms with Crippen molar-refractivity contribution < 1.29 is 25.8 Å². The molecule has 10 heteroatoms. The van der Waals surface area contributed by atoms with Crippen molar-refractivity contribution in [3.05, 3.63) is 40.0 Å². The predicted molar refractivity (Wildman–Crippen MR) is 72.7 cm³/mol. The summed E-state index contributed by atoms with van der Waals surface area (Å²) >= 11 is 1.35. The molecule has 0 spiro atoms. The van der Waals surface area contributed by atoms with Gasteiger partial charge in [-0.2, -0.15) is 21.6 Å². The van der Waals surface area contributed by atoms with E-state index in [0.29, 0.717) is 5.69 Å². The van der Waals surface area contributed by atoms with Crippen LogP contribution in [0.4, 0.5) is 13.2 Å². The fourth-order valence-corrected chi connectivity index (χ4v) is 2.24. The first-order chi connectivity index (χ1) is 10.2. The van der Waals surface area contributed by atoms with Crippen molar-refractivity contribution in [3.63, 3.8) is 0 Å². The summed E-state index contributed by atoms with van der Waals surface area (Å²) < 4.78 is 63.0. The molecule has 0 bridgehead atoms. The van der Waals surface area contributed by atoms with E-state index >= 15 is 0 Å². The van der Waals surface area contributed by atoms with Gasteiger partial charge in [0.2, 0.25) is 5.88 Å². The van der Waals surface area contributed by atoms with Crippen molar-refractivity contribution in [2.45, 2.75) is 12.4 Å². The minimum absolute atomic E-state index is 0.0963. The summed E-state index contributed by atoms with van der Waals surface area (Å²) in [5.74, 6) is 4.35. The second kappa shape index (κ2) is 5.94. The lowest BCUT2D eigenvalue weighted by Gasteiger charge is -2.09. The molecule has 0 saturated carbocycles. The molecule has 0 atom stereocenters. The van der Waals surface area contributed by atoms with E-state index in [1.165, 1.54) is 23.5 Å². The molecule has 2 rings (SSSR count). The van der Waals surface area contributed by atoms with E-state index in [2.05, 4.69) is 26.0 Å². The molecular weight excluding hydrogens is 341 g/mol. The first kappa shape index (κ1) is 16.3. The van der Waals surface area contributed by atoms with Crippen LogP contribution in [0, 0.1) is 18.8 Å². The highest BCUT2D eigenvalue weighted by Gasteiger charge is 2.49. The Morgan fingerprint density at radius 1 is 1.32 bits per heavy atom. The summed E-state index contributed by atoms with van der Waals surface area (Å²) in [6.07, 6.45) is 1.10. The molecule has 2 aromatic heterocycles. The summed E-state index contributed by atoms with van der Waals surface area (Å²) in [6.45, 7) is 1.77. The molecule has 0 unspecified atom stereocenters. The molecule has 0 aliphatic rings. The molecule has 0 aliphatic carbocycles. The Hall–Kier alpha value is -2.12. The van der Waals surface area contributed by atoms with Crippen molar-refractivity contribution in [1.29, 1.82) is 0 Å². The molecule has 0 saturated heterocycles. The molecule has 2 heterocycles. The zero-order chi connectivity index (χ0) is 16.4. The number of hydrogen-bond acceptors (Lipinski definition) is 6. The number of nitrogens with zero attached hydrogens (tertiary/aromatic N) is 2. The number of alkyl halides is 3. The zero-order valence-corrected chi connectivity index (χ0v) is 12.5. The summed E-state index contributed by atoms with van der Waals surface area (Å²) in [5, 5.41) is 2.43. The average Bonchev–Trinajstić information content (AvgIpc) is 2.82. The van der Waals surface area contributed by atoms with Crippen molar-refractivity contribution in [3.8, 4) is 17.7 Å². The van der Waals surface area contributed by atoms with Crippen LogP contribution in [-0.2, 0) is 10.1 Å². The van der Waals surface area contributed by atoms with E-state index < -0.39 is 21.5 Å².